The first-order valence-electron chi connectivity index (χ1n) is 7.49. The van der Waals surface area contributed by atoms with Crippen molar-refractivity contribution in [3.63, 3.8) is 0 Å². The molecule has 3 nitrogen and oxygen atoms in total. The highest BCUT2D eigenvalue weighted by Crippen LogP contribution is 2.28. The Morgan fingerprint density at radius 1 is 0.955 bits per heavy atom. The standard InChI is InChI=1S/C18H24N2O.ClH/c1-12(2)20(13(3)4)18(19)16-10-11-17(21-5)15-9-7-6-8-14(15)16;/h6-13,19H,1-5H3;1H. The van der Waals surface area contributed by atoms with E-state index in [0.29, 0.717) is 17.9 Å². The molecule has 0 saturated carbocycles. The van der Waals surface area contributed by atoms with Crippen molar-refractivity contribution in [2.75, 3.05) is 7.11 Å². The molecule has 0 spiro atoms. The molecular weight excluding hydrogens is 296 g/mol. The lowest BCUT2D eigenvalue weighted by Gasteiger charge is -2.27. The van der Waals surface area contributed by atoms with Gasteiger partial charge in [-0.3, -0.25) is 10.3 Å². The summed E-state index contributed by atoms with van der Waals surface area (Å²) in [7, 11) is 1.69. The molecule has 0 radical (unpaired) electrons. The van der Waals surface area contributed by atoms with Crippen LogP contribution in [0.3, 0.4) is 0 Å². The second-order valence-corrected chi connectivity index (χ2v) is 6.00. The number of halogens is 1. The Labute approximate surface area is 139 Å². The molecule has 0 saturated heterocycles. The zero-order chi connectivity index (χ0) is 15.6. The number of hydrogen-bond donors (Lipinski definition) is 2. The molecule has 0 fully saturated rings. The predicted octanol–water partition coefficient (Wildman–Crippen LogP) is -0.121. The topological polar surface area (TPSA) is 37.5 Å². The first-order chi connectivity index (χ1) is 9.97. The monoisotopic (exact) mass is 320 g/mol. The van der Waals surface area contributed by atoms with E-state index in [1.54, 1.807) is 7.11 Å². The van der Waals surface area contributed by atoms with Gasteiger partial charge in [-0.2, -0.15) is 0 Å². The maximum atomic E-state index is 8.68. The van der Waals surface area contributed by atoms with Crippen molar-refractivity contribution in [1.82, 2.24) is 0 Å². The van der Waals surface area contributed by atoms with Gasteiger partial charge >= 0.3 is 0 Å². The number of amidine groups is 1. The number of ether oxygens (including phenoxy) is 1. The summed E-state index contributed by atoms with van der Waals surface area (Å²) < 4.78 is 5.44. The minimum atomic E-state index is 0. The Hall–Kier alpha value is -1.58. The van der Waals surface area contributed by atoms with Crippen LogP contribution < -0.4 is 22.0 Å². The largest absolute Gasteiger partial charge is 1.00 e. The number of nitrogens with one attached hydrogen (secondary N) is 2. The zero-order valence-electron chi connectivity index (χ0n) is 13.9. The van der Waals surface area contributed by atoms with Crippen LogP contribution in [0.5, 0.6) is 5.75 Å². The van der Waals surface area contributed by atoms with E-state index in [1.165, 1.54) is 4.90 Å². The van der Waals surface area contributed by atoms with E-state index in [0.717, 1.165) is 22.1 Å². The quantitative estimate of drug-likeness (QED) is 0.598. The molecule has 0 heterocycles. The van der Waals surface area contributed by atoms with Crippen molar-refractivity contribution in [2.45, 2.75) is 39.8 Å². The molecule has 2 aromatic rings. The van der Waals surface area contributed by atoms with Gasteiger partial charge in [0.1, 0.15) is 5.75 Å². The molecule has 0 amide bonds. The Morgan fingerprint density at radius 2 is 1.50 bits per heavy atom. The SMILES string of the molecule is COc1ccc(C(=N)[NH+](C(C)C)C(C)C)c2ccccc12.[Cl-]. The number of quaternary nitrogens is 1. The van der Waals surface area contributed by atoms with Crippen LogP contribution in [0.25, 0.3) is 10.8 Å². The molecule has 0 bridgehead atoms. The molecular formula is C18H25ClN2O. The molecule has 120 valence electrons. The van der Waals surface area contributed by atoms with Crippen LogP contribution in [0.15, 0.2) is 36.4 Å². The lowest BCUT2D eigenvalue weighted by atomic mass is 10.0. The van der Waals surface area contributed by atoms with Gasteiger partial charge in [0.25, 0.3) is 0 Å². The van der Waals surface area contributed by atoms with Gasteiger partial charge in [0, 0.05) is 10.8 Å². The van der Waals surface area contributed by atoms with E-state index >= 15 is 0 Å². The third-order valence-corrected chi connectivity index (χ3v) is 3.91. The Balaban J connectivity index is 0.00000242. The normalized spacial score (nSPS) is 11.1. The van der Waals surface area contributed by atoms with Gasteiger partial charge in [-0.25, -0.2) is 0 Å². The Bertz CT molecular complexity index is 645. The minimum Gasteiger partial charge on any atom is -1.00 e. The van der Waals surface area contributed by atoms with Crippen LogP contribution in [0.1, 0.15) is 33.3 Å². The minimum absolute atomic E-state index is 0. The summed E-state index contributed by atoms with van der Waals surface area (Å²) in [6, 6.07) is 12.9. The van der Waals surface area contributed by atoms with Crippen molar-refractivity contribution in [1.29, 1.82) is 5.41 Å². The first-order valence-corrected chi connectivity index (χ1v) is 7.49. The molecule has 0 unspecified atom stereocenters. The fourth-order valence-corrected chi connectivity index (χ4v) is 3.07. The summed E-state index contributed by atoms with van der Waals surface area (Å²) in [5, 5.41) is 10.8. The lowest BCUT2D eigenvalue weighted by Crippen LogP contribution is -3.20. The van der Waals surface area contributed by atoms with Crippen molar-refractivity contribution in [3.8, 4) is 5.75 Å². The summed E-state index contributed by atoms with van der Waals surface area (Å²) in [6.07, 6.45) is 0. The average molecular weight is 321 g/mol. The molecule has 0 atom stereocenters. The van der Waals surface area contributed by atoms with Gasteiger partial charge in [0.05, 0.1) is 24.8 Å². The third-order valence-electron chi connectivity index (χ3n) is 3.91. The molecule has 4 heteroatoms. The van der Waals surface area contributed by atoms with E-state index in [9.17, 15) is 0 Å². The average Bonchev–Trinajstić information content (AvgIpc) is 2.45. The molecule has 2 aromatic carbocycles. The van der Waals surface area contributed by atoms with Gasteiger partial charge in [-0.15, -0.1) is 0 Å². The first kappa shape index (κ1) is 18.5. The zero-order valence-corrected chi connectivity index (χ0v) is 14.7. The maximum Gasteiger partial charge on any atom is 0.226 e. The predicted molar refractivity (Wildman–Crippen MR) is 88.6 cm³/mol. The molecule has 0 aromatic heterocycles. The van der Waals surface area contributed by atoms with Crippen molar-refractivity contribution in [2.24, 2.45) is 0 Å². The summed E-state index contributed by atoms with van der Waals surface area (Å²) in [4.78, 5) is 1.20. The fraction of sp³-hybridized carbons (Fsp3) is 0.389. The Kier molecular flexibility index (Phi) is 6.39. The highest BCUT2D eigenvalue weighted by molar-refractivity contribution is 6.06. The second kappa shape index (κ2) is 7.61. The van der Waals surface area contributed by atoms with Crippen LogP contribution in [-0.2, 0) is 0 Å². The van der Waals surface area contributed by atoms with Crippen LogP contribution in [0.4, 0.5) is 0 Å². The van der Waals surface area contributed by atoms with Crippen LogP contribution >= 0.6 is 0 Å². The molecule has 0 aliphatic carbocycles. The van der Waals surface area contributed by atoms with E-state index in [1.807, 2.05) is 24.3 Å². The van der Waals surface area contributed by atoms with E-state index < -0.39 is 0 Å². The molecule has 2 N–H and O–H groups in total. The van der Waals surface area contributed by atoms with Gasteiger partial charge in [0.15, 0.2) is 0 Å². The number of hydrogen-bond acceptors (Lipinski definition) is 2. The number of benzene rings is 2. The van der Waals surface area contributed by atoms with Crippen LogP contribution in [0.2, 0.25) is 0 Å². The second-order valence-electron chi connectivity index (χ2n) is 6.00. The number of rotatable bonds is 4. The van der Waals surface area contributed by atoms with Gasteiger partial charge < -0.3 is 17.1 Å². The molecule has 22 heavy (non-hydrogen) atoms. The third kappa shape index (κ3) is 3.42. The summed E-state index contributed by atoms with van der Waals surface area (Å²) in [6.45, 7) is 8.65. The van der Waals surface area contributed by atoms with Crippen molar-refractivity contribution < 1.29 is 22.0 Å². The van der Waals surface area contributed by atoms with Crippen LogP contribution in [-0.4, -0.2) is 25.0 Å². The summed E-state index contributed by atoms with van der Waals surface area (Å²) in [5.74, 6) is 1.51. The van der Waals surface area contributed by atoms with Crippen molar-refractivity contribution >= 4 is 16.6 Å². The van der Waals surface area contributed by atoms with Gasteiger partial charge in [-0.05, 0) is 39.8 Å². The van der Waals surface area contributed by atoms with Gasteiger partial charge in [0.2, 0.25) is 5.84 Å². The highest BCUT2D eigenvalue weighted by Gasteiger charge is 2.26. The van der Waals surface area contributed by atoms with E-state index in [-0.39, 0.29) is 12.4 Å². The molecule has 0 aliphatic rings. The summed E-state index contributed by atoms with van der Waals surface area (Å²) >= 11 is 0. The number of fused-ring (bicyclic) bond motifs is 1. The van der Waals surface area contributed by atoms with E-state index in [4.69, 9.17) is 10.1 Å². The lowest BCUT2D eigenvalue weighted by molar-refractivity contribution is -0.853. The van der Waals surface area contributed by atoms with Crippen LogP contribution in [0, 0.1) is 5.41 Å². The van der Waals surface area contributed by atoms with E-state index in [2.05, 4.69) is 39.8 Å². The molecule has 2 rings (SSSR count). The smallest absolute Gasteiger partial charge is 0.226 e. The summed E-state index contributed by atoms with van der Waals surface area (Å²) in [5.41, 5.74) is 0.990. The maximum absolute atomic E-state index is 8.68. The number of methoxy groups -OCH3 is 1. The molecule has 0 aliphatic heterocycles. The fourth-order valence-electron chi connectivity index (χ4n) is 3.07. The Morgan fingerprint density at radius 3 is 2.00 bits per heavy atom. The van der Waals surface area contributed by atoms with Gasteiger partial charge in [-0.1, -0.05) is 24.3 Å². The highest BCUT2D eigenvalue weighted by atomic mass is 35.5. The van der Waals surface area contributed by atoms with Crippen molar-refractivity contribution in [3.05, 3.63) is 42.0 Å².